The van der Waals surface area contributed by atoms with Gasteiger partial charge >= 0.3 is 0 Å². The fraction of sp³-hybridized carbons (Fsp3) is 0.933. The molecular formula is C15H31NO4. The Balaban J connectivity index is 4.61. The number of carbonyl (C=O) groups is 1. The molecule has 5 nitrogen and oxygen atoms in total. The van der Waals surface area contributed by atoms with Crippen molar-refractivity contribution in [2.24, 2.45) is 0 Å². The Hall–Kier alpha value is -0.650. The SMILES string of the molecule is CCCOCC(COCCC)(COCCC)NC(C)=O. The van der Waals surface area contributed by atoms with Crippen molar-refractivity contribution in [3.8, 4) is 0 Å². The molecule has 0 aliphatic carbocycles. The second-order valence-electron chi connectivity index (χ2n) is 5.12. The Bertz CT molecular complexity index is 219. The molecule has 0 saturated heterocycles. The van der Waals surface area contributed by atoms with Crippen molar-refractivity contribution >= 4 is 5.91 Å². The average molecular weight is 289 g/mol. The first kappa shape index (κ1) is 19.4. The lowest BCUT2D eigenvalue weighted by Crippen LogP contribution is -2.58. The van der Waals surface area contributed by atoms with Crippen LogP contribution in [0, 0.1) is 0 Å². The summed E-state index contributed by atoms with van der Waals surface area (Å²) in [6.07, 6.45) is 2.84. The number of carbonyl (C=O) groups excluding carboxylic acids is 1. The summed E-state index contributed by atoms with van der Waals surface area (Å²) >= 11 is 0. The molecule has 1 N–H and O–H groups in total. The molecule has 0 aromatic rings. The van der Waals surface area contributed by atoms with E-state index in [-0.39, 0.29) is 5.91 Å². The predicted molar refractivity (Wildman–Crippen MR) is 79.9 cm³/mol. The second-order valence-corrected chi connectivity index (χ2v) is 5.12. The summed E-state index contributed by atoms with van der Waals surface area (Å²) in [5.41, 5.74) is -0.592. The molecule has 0 aromatic carbocycles. The first-order chi connectivity index (χ1) is 9.60. The predicted octanol–water partition coefficient (Wildman–Crippen LogP) is 2.14. The first-order valence-electron chi connectivity index (χ1n) is 7.62. The minimum absolute atomic E-state index is 0.0923. The molecule has 0 saturated carbocycles. The molecule has 0 bridgehead atoms. The lowest BCUT2D eigenvalue weighted by Gasteiger charge is -2.33. The van der Waals surface area contributed by atoms with E-state index in [1.807, 2.05) is 0 Å². The van der Waals surface area contributed by atoms with Crippen LogP contribution in [-0.4, -0.2) is 51.1 Å². The summed E-state index contributed by atoms with van der Waals surface area (Å²) in [7, 11) is 0. The summed E-state index contributed by atoms with van der Waals surface area (Å²) in [6, 6.07) is 0. The highest BCUT2D eigenvalue weighted by Gasteiger charge is 2.32. The van der Waals surface area contributed by atoms with Crippen LogP contribution in [0.1, 0.15) is 47.0 Å². The maximum absolute atomic E-state index is 11.5. The van der Waals surface area contributed by atoms with Gasteiger partial charge in [-0.1, -0.05) is 20.8 Å². The van der Waals surface area contributed by atoms with Crippen molar-refractivity contribution in [3.63, 3.8) is 0 Å². The maximum Gasteiger partial charge on any atom is 0.217 e. The van der Waals surface area contributed by atoms with E-state index >= 15 is 0 Å². The third-order valence-electron chi connectivity index (χ3n) is 2.62. The van der Waals surface area contributed by atoms with Gasteiger partial charge in [0.1, 0.15) is 5.54 Å². The summed E-state index contributed by atoms with van der Waals surface area (Å²) in [6.45, 7) is 10.9. The molecule has 0 aliphatic rings. The molecule has 0 aromatic heterocycles. The fourth-order valence-corrected chi connectivity index (χ4v) is 1.84. The highest BCUT2D eigenvalue weighted by molar-refractivity contribution is 5.73. The summed E-state index contributed by atoms with van der Waals surface area (Å²) < 4.78 is 16.9. The van der Waals surface area contributed by atoms with E-state index in [4.69, 9.17) is 14.2 Å². The van der Waals surface area contributed by atoms with E-state index in [1.54, 1.807) is 0 Å². The van der Waals surface area contributed by atoms with E-state index in [2.05, 4.69) is 26.1 Å². The van der Waals surface area contributed by atoms with Crippen molar-refractivity contribution in [2.75, 3.05) is 39.6 Å². The van der Waals surface area contributed by atoms with Gasteiger partial charge in [-0.15, -0.1) is 0 Å². The minimum atomic E-state index is -0.592. The molecule has 0 radical (unpaired) electrons. The molecule has 0 spiro atoms. The van der Waals surface area contributed by atoms with E-state index in [0.29, 0.717) is 39.6 Å². The van der Waals surface area contributed by atoms with Gasteiger partial charge in [-0.05, 0) is 19.3 Å². The topological polar surface area (TPSA) is 56.8 Å². The third-order valence-corrected chi connectivity index (χ3v) is 2.62. The van der Waals surface area contributed by atoms with E-state index in [0.717, 1.165) is 19.3 Å². The monoisotopic (exact) mass is 289 g/mol. The van der Waals surface area contributed by atoms with Crippen molar-refractivity contribution in [1.82, 2.24) is 5.32 Å². The van der Waals surface area contributed by atoms with Gasteiger partial charge < -0.3 is 19.5 Å². The number of rotatable bonds is 13. The zero-order valence-electron chi connectivity index (χ0n) is 13.5. The van der Waals surface area contributed by atoms with Gasteiger partial charge in [0.05, 0.1) is 19.8 Å². The summed E-state index contributed by atoms with van der Waals surface area (Å²) in [5.74, 6) is -0.0923. The van der Waals surface area contributed by atoms with Crippen LogP contribution in [0.3, 0.4) is 0 Å². The molecule has 0 heterocycles. The zero-order valence-corrected chi connectivity index (χ0v) is 13.5. The van der Waals surface area contributed by atoms with Crippen LogP contribution in [0.15, 0.2) is 0 Å². The zero-order chi connectivity index (χ0) is 15.3. The second kappa shape index (κ2) is 12.1. The molecular weight excluding hydrogens is 258 g/mol. The standard InChI is InChI=1S/C15H31NO4/c1-5-8-18-11-15(16-14(4)17,12-19-9-6-2)13-20-10-7-3/h5-13H2,1-4H3,(H,16,17). The Morgan fingerprint density at radius 1 is 0.850 bits per heavy atom. The molecule has 120 valence electrons. The van der Waals surface area contributed by atoms with Crippen LogP contribution in [-0.2, 0) is 19.0 Å². The fourth-order valence-electron chi connectivity index (χ4n) is 1.84. The van der Waals surface area contributed by atoms with Crippen LogP contribution < -0.4 is 5.32 Å². The third kappa shape index (κ3) is 9.28. The quantitative estimate of drug-likeness (QED) is 0.528. The summed E-state index contributed by atoms with van der Waals surface area (Å²) in [5, 5.41) is 2.96. The lowest BCUT2D eigenvalue weighted by atomic mass is 10.0. The van der Waals surface area contributed by atoms with Gasteiger partial charge in [0.25, 0.3) is 0 Å². The average Bonchev–Trinajstić information content (AvgIpc) is 2.39. The Morgan fingerprint density at radius 3 is 1.45 bits per heavy atom. The molecule has 0 rings (SSSR count). The van der Waals surface area contributed by atoms with Gasteiger partial charge in [-0.2, -0.15) is 0 Å². The minimum Gasteiger partial charge on any atom is -0.379 e. The highest BCUT2D eigenvalue weighted by Crippen LogP contribution is 2.10. The van der Waals surface area contributed by atoms with Gasteiger partial charge in [-0.3, -0.25) is 4.79 Å². The molecule has 5 heteroatoms. The van der Waals surface area contributed by atoms with Crippen molar-refractivity contribution in [1.29, 1.82) is 0 Å². The van der Waals surface area contributed by atoms with Crippen LogP contribution in [0.2, 0.25) is 0 Å². The molecule has 0 unspecified atom stereocenters. The van der Waals surface area contributed by atoms with Crippen LogP contribution in [0.25, 0.3) is 0 Å². The van der Waals surface area contributed by atoms with Crippen molar-refractivity contribution < 1.29 is 19.0 Å². The molecule has 20 heavy (non-hydrogen) atoms. The number of hydrogen-bond donors (Lipinski definition) is 1. The van der Waals surface area contributed by atoms with Crippen LogP contribution in [0.4, 0.5) is 0 Å². The Kier molecular flexibility index (Phi) is 11.7. The number of nitrogens with one attached hydrogen (secondary N) is 1. The van der Waals surface area contributed by atoms with Crippen molar-refractivity contribution in [2.45, 2.75) is 52.5 Å². The smallest absolute Gasteiger partial charge is 0.217 e. The molecule has 0 atom stereocenters. The Morgan fingerprint density at radius 2 is 1.20 bits per heavy atom. The lowest BCUT2D eigenvalue weighted by molar-refractivity contribution is -0.125. The van der Waals surface area contributed by atoms with E-state index < -0.39 is 5.54 Å². The Labute approximate surface area is 123 Å². The number of amides is 1. The number of ether oxygens (including phenoxy) is 3. The van der Waals surface area contributed by atoms with Gasteiger partial charge in [0, 0.05) is 26.7 Å². The maximum atomic E-state index is 11.5. The van der Waals surface area contributed by atoms with Crippen LogP contribution in [0.5, 0.6) is 0 Å². The van der Waals surface area contributed by atoms with Gasteiger partial charge in [0.15, 0.2) is 0 Å². The van der Waals surface area contributed by atoms with E-state index in [9.17, 15) is 4.79 Å². The largest absolute Gasteiger partial charge is 0.379 e. The number of hydrogen-bond acceptors (Lipinski definition) is 4. The van der Waals surface area contributed by atoms with Crippen LogP contribution >= 0.6 is 0 Å². The highest BCUT2D eigenvalue weighted by atomic mass is 16.5. The van der Waals surface area contributed by atoms with Crippen molar-refractivity contribution in [3.05, 3.63) is 0 Å². The first-order valence-corrected chi connectivity index (χ1v) is 7.62. The van der Waals surface area contributed by atoms with Gasteiger partial charge in [0.2, 0.25) is 5.91 Å². The van der Waals surface area contributed by atoms with Gasteiger partial charge in [-0.25, -0.2) is 0 Å². The molecule has 0 aliphatic heterocycles. The summed E-state index contributed by atoms with van der Waals surface area (Å²) in [4.78, 5) is 11.5. The molecule has 0 fully saturated rings. The molecule has 1 amide bonds. The van der Waals surface area contributed by atoms with E-state index in [1.165, 1.54) is 6.92 Å². The normalized spacial score (nSPS) is 11.6.